The van der Waals surface area contributed by atoms with E-state index in [2.05, 4.69) is 35.4 Å². The Morgan fingerprint density at radius 1 is 1.29 bits per heavy atom. The quantitative estimate of drug-likeness (QED) is 0.724. The summed E-state index contributed by atoms with van der Waals surface area (Å²) in [6, 6.07) is 2.07. The van der Waals surface area contributed by atoms with Crippen LogP contribution in [0.4, 0.5) is 0 Å². The molecule has 0 aliphatic carbocycles. The van der Waals surface area contributed by atoms with E-state index in [0.29, 0.717) is 0 Å². The summed E-state index contributed by atoms with van der Waals surface area (Å²) in [7, 11) is 1.94. The fourth-order valence-electron chi connectivity index (χ4n) is 2.06. The Morgan fingerprint density at radius 2 is 2.12 bits per heavy atom. The maximum atomic E-state index is 4.38. The topological polar surface area (TPSA) is 28.5 Å². The lowest BCUT2D eigenvalue weighted by Gasteiger charge is -2.16. The molecule has 88 valence electrons. The number of nitrogens with zero attached hydrogens (tertiary/aromatic N) is 3. The zero-order valence-corrected chi connectivity index (χ0v) is 10.5. The molecule has 0 bridgehead atoms. The van der Waals surface area contributed by atoms with E-state index < -0.39 is 0 Å². The lowest BCUT2D eigenvalue weighted by Crippen LogP contribution is -2.31. The van der Waals surface area contributed by atoms with Crippen LogP contribution in [-0.2, 0) is 0 Å². The number of aromatic nitrogens is 1. The molecule has 17 heavy (non-hydrogen) atoms. The second kappa shape index (κ2) is 4.95. The van der Waals surface area contributed by atoms with Gasteiger partial charge in [0, 0.05) is 37.3 Å². The largest absolute Gasteiger partial charge is 0.276 e. The minimum atomic E-state index is 0.873. The van der Waals surface area contributed by atoms with Gasteiger partial charge in [0.25, 0.3) is 0 Å². The van der Waals surface area contributed by atoms with Gasteiger partial charge in [-0.3, -0.25) is 9.99 Å². The number of rotatable bonds is 1. The molecule has 2 heterocycles. The molecule has 2 rings (SSSR count). The first-order valence-corrected chi connectivity index (χ1v) is 5.80. The summed E-state index contributed by atoms with van der Waals surface area (Å²) in [5.41, 5.74) is 2.52. The molecule has 0 spiro atoms. The van der Waals surface area contributed by atoms with E-state index in [9.17, 15) is 0 Å². The van der Waals surface area contributed by atoms with Gasteiger partial charge in [-0.05, 0) is 31.1 Å². The number of pyridine rings is 1. The molecule has 1 aromatic rings. The molecule has 0 atom stereocenters. The summed E-state index contributed by atoms with van der Waals surface area (Å²) in [4.78, 5) is 4.38. The summed E-state index contributed by atoms with van der Waals surface area (Å²) < 4.78 is 0. The number of hydrogen-bond acceptors (Lipinski definition) is 3. The Bertz CT molecular complexity index is 582. The van der Waals surface area contributed by atoms with Gasteiger partial charge in [-0.15, -0.1) is 0 Å². The standard InChI is InChI=1S/C14H17N3/c1-4-12-13(7-8-15-14(12)5-2)11-6-9-16-17(3)10-11/h4-5,7-10H,6H2,1-3H3/b12-4-,14-5?. The van der Waals surface area contributed by atoms with Gasteiger partial charge >= 0.3 is 0 Å². The molecule has 0 radical (unpaired) electrons. The van der Waals surface area contributed by atoms with Crippen LogP contribution in [0.15, 0.2) is 23.6 Å². The second-order valence-electron chi connectivity index (χ2n) is 3.96. The molecule has 0 aromatic carbocycles. The number of hydrogen-bond donors (Lipinski definition) is 0. The van der Waals surface area contributed by atoms with Gasteiger partial charge in [0.15, 0.2) is 0 Å². The molecule has 0 N–H and O–H groups in total. The highest BCUT2D eigenvalue weighted by Crippen LogP contribution is 2.16. The van der Waals surface area contributed by atoms with E-state index in [1.165, 1.54) is 16.4 Å². The Hall–Kier alpha value is -1.90. The summed E-state index contributed by atoms with van der Waals surface area (Å²) in [5.74, 6) is 0. The van der Waals surface area contributed by atoms with Crippen molar-refractivity contribution < 1.29 is 0 Å². The van der Waals surface area contributed by atoms with E-state index in [0.717, 1.165) is 11.8 Å². The SMILES string of the molecule is CC=c1nccc(C2=CN(C)N=CC2)/c1=C/C. The summed E-state index contributed by atoms with van der Waals surface area (Å²) in [5, 5.41) is 8.28. The summed E-state index contributed by atoms with van der Waals surface area (Å²) >= 11 is 0. The fraction of sp³-hybridized carbons (Fsp3) is 0.286. The lowest BCUT2D eigenvalue weighted by molar-refractivity contribution is 0.488. The minimum Gasteiger partial charge on any atom is -0.276 e. The highest BCUT2D eigenvalue weighted by molar-refractivity contribution is 5.81. The Labute approximate surface area is 101 Å². The van der Waals surface area contributed by atoms with Gasteiger partial charge in [-0.1, -0.05) is 12.2 Å². The number of allylic oxidation sites excluding steroid dienone is 1. The van der Waals surface area contributed by atoms with Crippen molar-refractivity contribution in [2.45, 2.75) is 20.3 Å². The van der Waals surface area contributed by atoms with Crippen LogP contribution >= 0.6 is 0 Å². The van der Waals surface area contributed by atoms with Crippen LogP contribution in [-0.4, -0.2) is 23.3 Å². The van der Waals surface area contributed by atoms with Crippen LogP contribution in [0.2, 0.25) is 0 Å². The predicted octanol–water partition coefficient (Wildman–Crippen LogP) is 1.34. The van der Waals surface area contributed by atoms with Crippen LogP contribution in [0, 0.1) is 0 Å². The van der Waals surface area contributed by atoms with Crippen LogP contribution in [0.1, 0.15) is 25.8 Å². The summed E-state index contributed by atoms with van der Waals surface area (Å²) in [6.07, 6.45) is 10.9. The van der Waals surface area contributed by atoms with E-state index in [-0.39, 0.29) is 0 Å². The van der Waals surface area contributed by atoms with Crippen molar-refractivity contribution in [3.8, 4) is 0 Å². The fourth-order valence-corrected chi connectivity index (χ4v) is 2.06. The van der Waals surface area contributed by atoms with E-state index in [1.54, 1.807) is 0 Å². The first kappa shape index (κ1) is 11.6. The van der Waals surface area contributed by atoms with E-state index in [1.807, 2.05) is 37.5 Å². The molecule has 3 nitrogen and oxygen atoms in total. The van der Waals surface area contributed by atoms with E-state index in [4.69, 9.17) is 0 Å². The van der Waals surface area contributed by atoms with Gasteiger partial charge in [0.2, 0.25) is 0 Å². The zero-order valence-electron chi connectivity index (χ0n) is 10.5. The van der Waals surface area contributed by atoms with Crippen molar-refractivity contribution in [2.24, 2.45) is 5.10 Å². The lowest BCUT2D eigenvalue weighted by atomic mass is 10.0. The van der Waals surface area contributed by atoms with Gasteiger partial charge in [-0.2, -0.15) is 5.10 Å². The average Bonchev–Trinajstić information content (AvgIpc) is 2.37. The maximum absolute atomic E-state index is 4.38. The van der Waals surface area contributed by atoms with Gasteiger partial charge in [0.1, 0.15) is 0 Å². The monoisotopic (exact) mass is 227 g/mol. The first-order valence-electron chi connectivity index (χ1n) is 5.80. The molecule has 1 aliphatic heterocycles. The highest BCUT2D eigenvalue weighted by atomic mass is 15.4. The van der Waals surface area contributed by atoms with Crippen molar-refractivity contribution in [3.05, 3.63) is 34.6 Å². The third-order valence-electron chi connectivity index (χ3n) is 2.85. The number of hydrazone groups is 1. The smallest absolute Gasteiger partial charge is 0.0662 e. The predicted molar refractivity (Wildman–Crippen MR) is 72.6 cm³/mol. The maximum Gasteiger partial charge on any atom is 0.0662 e. The Kier molecular flexibility index (Phi) is 3.38. The minimum absolute atomic E-state index is 0.873. The van der Waals surface area contributed by atoms with Gasteiger partial charge in [-0.25, -0.2) is 0 Å². The molecule has 0 fully saturated rings. The van der Waals surface area contributed by atoms with Crippen molar-refractivity contribution in [3.63, 3.8) is 0 Å². The zero-order chi connectivity index (χ0) is 12.3. The molecule has 3 heteroatoms. The van der Waals surface area contributed by atoms with Crippen molar-refractivity contribution in [2.75, 3.05) is 7.05 Å². The van der Waals surface area contributed by atoms with Crippen molar-refractivity contribution in [1.29, 1.82) is 0 Å². The average molecular weight is 227 g/mol. The third kappa shape index (κ3) is 2.28. The molecule has 0 saturated carbocycles. The molecule has 0 amide bonds. The van der Waals surface area contributed by atoms with Gasteiger partial charge < -0.3 is 0 Å². The molecular formula is C14H17N3. The third-order valence-corrected chi connectivity index (χ3v) is 2.85. The molecule has 0 unspecified atom stereocenters. The first-order chi connectivity index (χ1) is 8.26. The molecule has 0 saturated heterocycles. The Balaban J connectivity index is 2.62. The van der Waals surface area contributed by atoms with E-state index >= 15 is 0 Å². The normalized spacial score (nSPS) is 17.6. The van der Waals surface area contributed by atoms with Crippen molar-refractivity contribution in [1.82, 2.24) is 9.99 Å². The van der Waals surface area contributed by atoms with Crippen LogP contribution in [0.3, 0.4) is 0 Å². The Morgan fingerprint density at radius 3 is 2.76 bits per heavy atom. The molecular weight excluding hydrogens is 210 g/mol. The molecule has 1 aromatic heterocycles. The molecule has 1 aliphatic rings. The van der Waals surface area contributed by atoms with Crippen molar-refractivity contribution >= 4 is 23.9 Å². The van der Waals surface area contributed by atoms with Crippen LogP contribution in [0.5, 0.6) is 0 Å². The van der Waals surface area contributed by atoms with Crippen LogP contribution in [0.25, 0.3) is 17.7 Å². The second-order valence-corrected chi connectivity index (χ2v) is 3.96. The van der Waals surface area contributed by atoms with Crippen LogP contribution < -0.4 is 10.6 Å². The van der Waals surface area contributed by atoms with Gasteiger partial charge in [0.05, 0.1) is 5.35 Å². The highest BCUT2D eigenvalue weighted by Gasteiger charge is 2.07. The summed E-state index contributed by atoms with van der Waals surface area (Å²) in [6.45, 7) is 4.07.